The van der Waals surface area contributed by atoms with Crippen LogP contribution in [0.5, 0.6) is 0 Å². The van der Waals surface area contributed by atoms with Crippen LogP contribution in [0.1, 0.15) is 64.9 Å². The first-order valence-electron chi connectivity index (χ1n) is 10.1. The van der Waals surface area contributed by atoms with Gasteiger partial charge in [-0.05, 0) is 61.5 Å². The minimum absolute atomic E-state index is 0.400. The summed E-state index contributed by atoms with van der Waals surface area (Å²) in [7, 11) is 0. The van der Waals surface area contributed by atoms with Gasteiger partial charge in [0.1, 0.15) is 0 Å². The van der Waals surface area contributed by atoms with Crippen LogP contribution in [0, 0.1) is 17.8 Å². The van der Waals surface area contributed by atoms with E-state index >= 15 is 0 Å². The third-order valence-corrected chi connectivity index (χ3v) is 8.76. The molecule has 1 spiro atoms. The fourth-order valence-electron chi connectivity index (χ4n) is 5.39. The predicted molar refractivity (Wildman–Crippen MR) is 107 cm³/mol. The molecule has 1 nitrogen and oxygen atoms in total. The Morgan fingerprint density at radius 2 is 2.04 bits per heavy atom. The zero-order valence-electron chi connectivity index (χ0n) is 15.6. The minimum atomic E-state index is 0.400. The van der Waals surface area contributed by atoms with Crippen LogP contribution in [0.25, 0.3) is 0 Å². The van der Waals surface area contributed by atoms with Crippen molar-refractivity contribution in [1.82, 2.24) is 0 Å². The minimum Gasteiger partial charge on any atom is -0.379 e. The predicted octanol–water partition coefficient (Wildman–Crippen LogP) is 6.14. The second-order valence-corrected chi connectivity index (χ2v) is 10.3. The summed E-state index contributed by atoms with van der Waals surface area (Å²) in [6, 6.07) is 9.13. The van der Waals surface area contributed by atoms with Crippen LogP contribution >= 0.6 is 11.8 Å². The molecule has 3 aliphatic rings. The molecule has 0 aromatic heterocycles. The fraction of sp³-hybridized carbons (Fsp3) is 0.727. The van der Waals surface area contributed by atoms with Crippen molar-refractivity contribution in [3.63, 3.8) is 0 Å². The van der Waals surface area contributed by atoms with Crippen molar-refractivity contribution in [3.05, 3.63) is 29.8 Å². The van der Waals surface area contributed by atoms with Gasteiger partial charge in [0.15, 0.2) is 0 Å². The van der Waals surface area contributed by atoms with Crippen molar-refractivity contribution in [2.24, 2.45) is 17.8 Å². The maximum Gasteiger partial charge on any atom is 0.0403 e. The third-order valence-electron chi connectivity index (χ3n) is 7.11. The molecular formula is C22H33NS. The number of rotatable bonds is 3. The van der Waals surface area contributed by atoms with Gasteiger partial charge < -0.3 is 5.32 Å². The van der Waals surface area contributed by atoms with E-state index in [1.165, 1.54) is 50.6 Å². The molecule has 132 valence electrons. The van der Waals surface area contributed by atoms with Gasteiger partial charge in [-0.25, -0.2) is 0 Å². The first kappa shape index (κ1) is 16.8. The molecule has 6 atom stereocenters. The number of benzene rings is 1. The molecule has 1 saturated carbocycles. The van der Waals surface area contributed by atoms with Crippen molar-refractivity contribution in [1.29, 1.82) is 0 Å². The SMILES string of the molecule is CCCCC1C(C)SC2Cc3ccccc3N[C@@]3(CCC21)CC3C. The monoisotopic (exact) mass is 343 g/mol. The van der Waals surface area contributed by atoms with Gasteiger partial charge in [-0.2, -0.15) is 11.8 Å². The zero-order valence-corrected chi connectivity index (χ0v) is 16.4. The van der Waals surface area contributed by atoms with Gasteiger partial charge in [-0.15, -0.1) is 0 Å². The molecule has 2 fully saturated rings. The molecule has 24 heavy (non-hydrogen) atoms. The van der Waals surface area contributed by atoms with Crippen LogP contribution in [0.4, 0.5) is 5.69 Å². The Morgan fingerprint density at radius 1 is 1.25 bits per heavy atom. The highest BCUT2D eigenvalue weighted by Crippen LogP contribution is 2.55. The van der Waals surface area contributed by atoms with Gasteiger partial charge in [0.25, 0.3) is 0 Å². The number of unbranched alkanes of at least 4 members (excludes halogenated alkanes) is 1. The molecule has 0 radical (unpaired) electrons. The maximum atomic E-state index is 3.99. The van der Waals surface area contributed by atoms with Crippen molar-refractivity contribution in [3.8, 4) is 0 Å². The normalized spacial score (nSPS) is 40.9. The average Bonchev–Trinajstić information content (AvgIpc) is 3.07. The van der Waals surface area contributed by atoms with E-state index in [1.807, 2.05) is 0 Å². The second kappa shape index (κ2) is 6.59. The number of hydrogen-bond donors (Lipinski definition) is 1. The quantitative estimate of drug-likeness (QED) is 0.707. The lowest BCUT2D eigenvalue weighted by Gasteiger charge is -2.26. The van der Waals surface area contributed by atoms with E-state index in [9.17, 15) is 0 Å². The van der Waals surface area contributed by atoms with Crippen molar-refractivity contribution >= 4 is 17.4 Å². The highest BCUT2D eigenvalue weighted by Gasteiger charge is 2.53. The van der Waals surface area contributed by atoms with Crippen LogP contribution in [0.15, 0.2) is 24.3 Å². The Balaban J connectivity index is 1.63. The van der Waals surface area contributed by atoms with Crippen molar-refractivity contribution in [2.75, 3.05) is 5.32 Å². The molecule has 2 heteroatoms. The number of fused-ring (bicyclic) bond motifs is 2. The summed E-state index contributed by atoms with van der Waals surface area (Å²) >= 11 is 2.30. The molecule has 1 aliphatic carbocycles. The lowest BCUT2D eigenvalue weighted by atomic mass is 9.79. The van der Waals surface area contributed by atoms with E-state index in [-0.39, 0.29) is 0 Å². The summed E-state index contributed by atoms with van der Waals surface area (Å²) in [5.74, 6) is 2.70. The summed E-state index contributed by atoms with van der Waals surface area (Å²) < 4.78 is 0. The van der Waals surface area contributed by atoms with E-state index in [0.29, 0.717) is 5.54 Å². The summed E-state index contributed by atoms with van der Waals surface area (Å²) in [4.78, 5) is 0. The lowest BCUT2D eigenvalue weighted by molar-refractivity contribution is 0.287. The van der Waals surface area contributed by atoms with Crippen LogP contribution in [-0.2, 0) is 6.42 Å². The summed E-state index contributed by atoms with van der Waals surface area (Å²) in [6.07, 6.45) is 9.63. The molecular weight excluding hydrogens is 310 g/mol. The molecule has 1 saturated heterocycles. The molecule has 2 aliphatic heterocycles. The first-order valence-corrected chi connectivity index (χ1v) is 11.1. The Labute approximate surface area is 152 Å². The lowest BCUT2D eigenvalue weighted by Crippen LogP contribution is -2.27. The molecule has 0 bridgehead atoms. The average molecular weight is 344 g/mol. The summed E-state index contributed by atoms with van der Waals surface area (Å²) in [5.41, 5.74) is 3.38. The van der Waals surface area contributed by atoms with Gasteiger partial charge in [-0.3, -0.25) is 0 Å². The standard InChI is InChI=1S/C22H33NS/c1-4-5-9-18-16(3)24-21-13-17-8-6-7-10-20(17)23-22(14-15(22)2)12-11-19(18)21/h6-8,10,15-16,18-19,21,23H,4-5,9,11-14H2,1-3H3/t15?,16?,18?,19?,21?,22-/m0/s1. The van der Waals surface area contributed by atoms with Gasteiger partial charge in [0.2, 0.25) is 0 Å². The second-order valence-electron chi connectivity index (χ2n) is 8.64. The van der Waals surface area contributed by atoms with E-state index in [0.717, 1.165) is 28.3 Å². The first-order chi connectivity index (χ1) is 11.6. The van der Waals surface area contributed by atoms with Crippen molar-refractivity contribution in [2.45, 2.75) is 81.8 Å². The molecule has 1 aromatic carbocycles. The summed E-state index contributed by atoms with van der Waals surface area (Å²) in [5, 5.41) is 5.66. The highest BCUT2D eigenvalue weighted by molar-refractivity contribution is 8.00. The van der Waals surface area contributed by atoms with Crippen molar-refractivity contribution < 1.29 is 0 Å². The highest BCUT2D eigenvalue weighted by atomic mass is 32.2. The Morgan fingerprint density at radius 3 is 2.79 bits per heavy atom. The number of nitrogens with one attached hydrogen (secondary N) is 1. The van der Waals surface area contributed by atoms with Gasteiger partial charge in [-0.1, -0.05) is 51.8 Å². The maximum absolute atomic E-state index is 3.99. The van der Waals surface area contributed by atoms with E-state index < -0.39 is 0 Å². The van der Waals surface area contributed by atoms with Crippen LogP contribution in [0.2, 0.25) is 0 Å². The van der Waals surface area contributed by atoms with E-state index in [2.05, 4.69) is 62.1 Å². The topological polar surface area (TPSA) is 12.0 Å². The molecule has 4 rings (SSSR count). The number of hydrogen-bond acceptors (Lipinski definition) is 2. The molecule has 2 heterocycles. The molecule has 1 N–H and O–H groups in total. The number of anilines is 1. The van der Waals surface area contributed by atoms with Gasteiger partial charge in [0.05, 0.1) is 0 Å². The zero-order chi connectivity index (χ0) is 16.7. The third kappa shape index (κ3) is 3.00. The van der Waals surface area contributed by atoms with Gasteiger partial charge in [0, 0.05) is 21.7 Å². The Hall–Kier alpha value is -0.630. The molecule has 5 unspecified atom stereocenters. The van der Waals surface area contributed by atoms with Crippen LogP contribution in [0.3, 0.4) is 0 Å². The number of thioether (sulfide) groups is 1. The fourth-order valence-corrected chi connectivity index (χ4v) is 7.30. The van der Waals surface area contributed by atoms with E-state index in [4.69, 9.17) is 0 Å². The number of para-hydroxylation sites is 1. The van der Waals surface area contributed by atoms with Gasteiger partial charge >= 0.3 is 0 Å². The summed E-state index contributed by atoms with van der Waals surface area (Å²) in [6.45, 7) is 7.28. The van der Waals surface area contributed by atoms with Crippen LogP contribution in [-0.4, -0.2) is 16.0 Å². The smallest absolute Gasteiger partial charge is 0.0403 e. The molecule has 1 aromatic rings. The Bertz CT molecular complexity index is 585. The largest absolute Gasteiger partial charge is 0.379 e. The Kier molecular flexibility index (Phi) is 4.62. The van der Waals surface area contributed by atoms with Crippen LogP contribution < -0.4 is 5.32 Å². The van der Waals surface area contributed by atoms with E-state index in [1.54, 1.807) is 5.56 Å². The molecule has 0 amide bonds.